The number of carbonyl (C=O) groups is 1. The van der Waals surface area contributed by atoms with Crippen molar-refractivity contribution >= 4 is 17.2 Å². The van der Waals surface area contributed by atoms with Crippen LogP contribution in [-0.2, 0) is 11.8 Å². The molecular weight excluding hydrogens is 358 g/mol. The number of nitrogen functional groups attached to an aromatic ring is 1. The normalized spacial score (nSPS) is 17.5. The zero-order valence-corrected chi connectivity index (χ0v) is 15.8. The number of anilines is 1. The minimum Gasteiger partial charge on any atom is -0.473 e. The maximum Gasteiger partial charge on any atom is 0.245 e. The van der Waals surface area contributed by atoms with Gasteiger partial charge in [0.25, 0.3) is 0 Å². The van der Waals surface area contributed by atoms with Gasteiger partial charge in [-0.3, -0.25) is 9.48 Å². The lowest BCUT2D eigenvalue weighted by Crippen LogP contribution is -2.30. The largest absolute Gasteiger partial charge is 0.473 e. The molecule has 146 valence electrons. The van der Waals surface area contributed by atoms with Crippen molar-refractivity contribution < 1.29 is 9.53 Å². The molecule has 0 aliphatic carbocycles. The molecule has 1 saturated heterocycles. The molecule has 0 radical (unpaired) electrons. The summed E-state index contributed by atoms with van der Waals surface area (Å²) in [5, 5.41) is 8.51. The summed E-state index contributed by atoms with van der Waals surface area (Å²) in [5.74, 6) is 0.848. The van der Waals surface area contributed by atoms with Gasteiger partial charge in [-0.1, -0.05) is 6.58 Å². The van der Waals surface area contributed by atoms with Crippen molar-refractivity contribution in [3.05, 3.63) is 37.3 Å². The minimum absolute atomic E-state index is 0.0386. The zero-order valence-electron chi connectivity index (χ0n) is 15.8. The van der Waals surface area contributed by atoms with Crippen LogP contribution in [0.4, 0.5) is 5.82 Å². The number of amides is 1. The predicted molar refractivity (Wildman–Crippen MR) is 105 cm³/mol. The molecule has 1 aliphatic rings. The fourth-order valence-electron chi connectivity index (χ4n) is 3.45. The number of nitrogens with two attached hydrogens (primary N) is 1. The second-order valence-corrected chi connectivity index (χ2v) is 6.93. The van der Waals surface area contributed by atoms with Crippen LogP contribution in [0.3, 0.4) is 0 Å². The van der Waals surface area contributed by atoms with Crippen molar-refractivity contribution in [1.82, 2.24) is 29.3 Å². The average molecular weight is 381 g/mol. The molecule has 3 aromatic rings. The highest BCUT2D eigenvalue weighted by Gasteiger charge is 2.22. The van der Waals surface area contributed by atoms with Crippen molar-refractivity contribution in [2.75, 3.05) is 18.8 Å². The Kier molecular flexibility index (Phi) is 4.72. The highest BCUT2D eigenvalue weighted by molar-refractivity contribution is 5.87. The first-order valence-electron chi connectivity index (χ1n) is 9.26. The van der Waals surface area contributed by atoms with Gasteiger partial charge >= 0.3 is 0 Å². The van der Waals surface area contributed by atoms with E-state index in [-0.39, 0.29) is 12.0 Å². The van der Waals surface area contributed by atoms with Gasteiger partial charge in [-0.05, 0) is 18.9 Å². The molecule has 2 N–H and O–H groups in total. The first-order chi connectivity index (χ1) is 13.5. The monoisotopic (exact) mass is 381 g/mol. The van der Waals surface area contributed by atoms with Crippen LogP contribution in [0.15, 0.2) is 37.3 Å². The Balaban J connectivity index is 1.62. The van der Waals surface area contributed by atoms with E-state index >= 15 is 0 Å². The Morgan fingerprint density at radius 3 is 2.96 bits per heavy atom. The van der Waals surface area contributed by atoms with E-state index in [1.54, 1.807) is 21.5 Å². The third kappa shape index (κ3) is 3.55. The number of carbonyl (C=O) groups excluding carboxylic acids is 1. The molecule has 1 atom stereocenters. The predicted octanol–water partition coefficient (Wildman–Crippen LogP) is 1.66. The van der Waals surface area contributed by atoms with E-state index in [0.29, 0.717) is 36.0 Å². The maximum atomic E-state index is 11.9. The van der Waals surface area contributed by atoms with Gasteiger partial charge in [0, 0.05) is 44.4 Å². The van der Waals surface area contributed by atoms with Crippen LogP contribution in [0.2, 0.25) is 0 Å². The van der Waals surface area contributed by atoms with Gasteiger partial charge in [-0.25, -0.2) is 9.50 Å². The quantitative estimate of drug-likeness (QED) is 0.690. The Morgan fingerprint density at radius 2 is 2.21 bits per heavy atom. The lowest BCUT2D eigenvalue weighted by atomic mass is 10.1. The summed E-state index contributed by atoms with van der Waals surface area (Å²) in [7, 11) is 1.85. The molecule has 0 saturated carbocycles. The van der Waals surface area contributed by atoms with Crippen LogP contribution in [0.25, 0.3) is 16.8 Å². The Bertz CT molecular complexity index is 1020. The van der Waals surface area contributed by atoms with Gasteiger partial charge in [-0.15, -0.1) is 0 Å². The molecule has 0 unspecified atom stereocenters. The van der Waals surface area contributed by atoms with Crippen molar-refractivity contribution in [1.29, 1.82) is 0 Å². The fraction of sp³-hybridized carbons (Fsp3) is 0.368. The van der Waals surface area contributed by atoms with Crippen LogP contribution in [0, 0.1) is 0 Å². The highest BCUT2D eigenvalue weighted by Crippen LogP contribution is 2.27. The molecule has 9 nitrogen and oxygen atoms in total. The first kappa shape index (κ1) is 18.0. The molecule has 1 amide bonds. The molecule has 4 rings (SSSR count). The second kappa shape index (κ2) is 7.34. The van der Waals surface area contributed by atoms with E-state index in [2.05, 4.69) is 16.8 Å². The SMILES string of the molecule is C=CC(=O)N1CCC[C@@H](Oc2nc(-c3cnn(C)c3)cn3nc(N)cc23)CC1. The van der Waals surface area contributed by atoms with E-state index in [1.165, 1.54) is 6.08 Å². The number of aryl methyl sites for hydroxylation is 1. The molecule has 0 spiro atoms. The van der Waals surface area contributed by atoms with E-state index in [0.717, 1.165) is 24.8 Å². The number of rotatable bonds is 4. The molecule has 0 bridgehead atoms. The fourth-order valence-corrected chi connectivity index (χ4v) is 3.45. The zero-order chi connectivity index (χ0) is 19.7. The number of fused-ring (bicyclic) bond motifs is 1. The van der Waals surface area contributed by atoms with Crippen molar-refractivity contribution in [2.45, 2.75) is 25.4 Å². The third-order valence-corrected chi connectivity index (χ3v) is 4.88. The summed E-state index contributed by atoms with van der Waals surface area (Å²) >= 11 is 0. The molecule has 1 fully saturated rings. The summed E-state index contributed by atoms with van der Waals surface area (Å²) in [4.78, 5) is 18.4. The molecule has 1 aliphatic heterocycles. The Labute approximate surface area is 162 Å². The van der Waals surface area contributed by atoms with Crippen molar-refractivity contribution in [3.63, 3.8) is 0 Å². The smallest absolute Gasteiger partial charge is 0.245 e. The van der Waals surface area contributed by atoms with Crippen LogP contribution in [0.5, 0.6) is 5.88 Å². The van der Waals surface area contributed by atoms with Crippen LogP contribution < -0.4 is 10.5 Å². The van der Waals surface area contributed by atoms with E-state index in [9.17, 15) is 4.79 Å². The van der Waals surface area contributed by atoms with Gasteiger partial charge in [0.2, 0.25) is 11.8 Å². The molecular formula is C19H23N7O2. The summed E-state index contributed by atoms with van der Waals surface area (Å²) in [5.41, 5.74) is 8.18. The molecule has 3 aromatic heterocycles. The van der Waals surface area contributed by atoms with Crippen molar-refractivity contribution in [3.8, 4) is 17.1 Å². The number of hydrogen-bond acceptors (Lipinski definition) is 6. The summed E-state index contributed by atoms with van der Waals surface area (Å²) < 4.78 is 9.68. The van der Waals surface area contributed by atoms with E-state index < -0.39 is 0 Å². The lowest BCUT2D eigenvalue weighted by molar-refractivity contribution is -0.126. The number of nitrogens with zero attached hydrogens (tertiary/aromatic N) is 6. The lowest BCUT2D eigenvalue weighted by Gasteiger charge is -2.19. The Morgan fingerprint density at radius 1 is 1.36 bits per heavy atom. The van der Waals surface area contributed by atoms with Gasteiger partial charge < -0.3 is 15.4 Å². The average Bonchev–Trinajstić information content (AvgIpc) is 3.20. The van der Waals surface area contributed by atoms with Gasteiger partial charge in [-0.2, -0.15) is 10.2 Å². The van der Waals surface area contributed by atoms with Gasteiger partial charge in [0.1, 0.15) is 17.4 Å². The second-order valence-electron chi connectivity index (χ2n) is 6.93. The van der Waals surface area contributed by atoms with Crippen LogP contribution in [0.1, 0.15) is 19.3 Å². The van der Waals surface area contributed by atoms with E-state index in [1.807, 2.05) is 24.3 Å². The van der Waals surface area contributed by atoms with Gasteiger partial charge in [0.15, 0.2) is 0 Å². The third-order valence-electron chi connectivity index (χ3n) is 4.88. The number of hydrogen-bond donors (Lipinski definition) is 1. The summed E-state index contributed by atoms with van der Waals surface area (Å²) in [6, 6.07) is 1.75. The summed E-state index contributed by atoms with van der Waals surface area (Å²) in [6.45, 7) is 4.91. The first-order valence-corrected chi connectivity index (χ1v) is 9.26. The number of likely N-dealkylation sites (tertiary alicyclic amines) is 1. The van der Waals surface area contributed by atoms with Crippen LogP contribution >= 0.6 is 0 Å². The molecule has 9 heteroatoms. The topological polar surface area (TPSA) is 104 Å². The van der Waals surface area contributed by atoms with Gasteiger partial charge in [0.05, 0.1) is 18.1 Å². The van der Waals surface area contributed by atoms with Crippen LogP contribution in [-0.4, -0.2) is 54.4 Å². The number of aromatic nitrogens is 5. The molecule has 0 aromatic carbocycles. The standard InChI is InChI=1S/C19H23N7O2/c1-3-18(27)25-7-4-5-14(6-8-25)28-19-16-9-17(20)23-26(16)12-15(22-19)13-10-21-24(2)11-13/h3,9-12,14H,1,4-8H2,2H3,(H2,20,23)/t14-/m1/s1. The van der Waals surface area contributed by atoms with Crippen molar-refractivity contribution in [2.24, 2.45) is 7.05 Å². The molecule has 4 heterocycles. The number of ether oxygens (including phenoxy) is 1. The molecule has 28 heavy (non-hydrogen) atoms. The Hall–Kier alpha value is -3.36. The van der Waals surface area contributed by atoms with E-state index in [4.69, 9.17) is 15.5 Å². The maximum absolute atomic E-state index is 11.9. The highest BCUT2D eigenvalue weighted by atomic mass is 16.5. The minimum atomic E-state index is -0.0424. The summed E-state index contributed by atoms with van der Waals surface area (Å²) in [6.07, 6.45) is 9.20.